The Bertz CT molecular complexity index is 1410. The quantitative estimate of drug-likeness (QED) is 0.394. The fourth-order valence-electron chi connectivity index (χ4n) is 6.85. The number of ketones is 1. The van der Waals surface area contributed by atoms with Gasteiger partial charge in [-0.2, -0.15) is 13.2 Å². The molecule has 2 aliphatic rings. The van der Waals surface area contributed by atoms with Gasteiger partial charge in [0.05, 0.1) is 5.56 Å². The number of nitrogens with one attached hydrogen (secondary N) is 1. The van der Waals surface area contributed by atoms with Gasteiger partial charge in [0.2, 0.25) is 5.91 Å². The molecule has 3 aromatic rings. The molecule has 0 saturated carbocycles. The number of likely N-dealkylation sites (N-methyl/N-ethyl adjacent to an activating group) is 1. The number of hydrogen-bond acceptors (Lipinski definition) is 5. The first-order valence-electron chi connectivity index (χ1n) is 14.8. The fraction of sp³-hybridized carbons (Fsp3) is 0.500. The number of fused-ring (bicyclic) bond motifs is 1. The van der Waals surface area contributed by atoms with Crippen molar-refractivity contribution < 1.29 is 22.8 Å². The largest absolute Gasteiger partial charge is 0.416 e. The number of likely N-dealkylation sites (tertiary alicyclic amines) is 2. The Balaban J connectivity index is 1.51. The van der Waals surface area contributed by atoms with Gasteiger partial charge in [-0.15, -0.1) is 0 Å². The average molecular weight is 584 g/mol. The van der Waals surface area contributed by atoms with Crippen LogP contribution in [0.2, 0.25) is 0 Å². The van der Waals surface area contributed by atoms with Crippen LogP contribution in [0.3, 0.4) is 0 Å². The maximum Gasteiger partial charge on any atom is 0.416 e. The number of carbonyl (C=O) groups excluding carboxylic acids is 2. The van der Waals surface area contributed by atoms with Gasteiger partial charge in [0.25, 0.3) is 0 Å². The van der Waals surface area contributed by atoms with Gasteiger partial charge in [-0.3, -0.25) is 14.5 Å². The van der Waals surface area contributed by atoms with Gasteiger partial charge in [0.15, 0.2) is 5.78 Å². The molecule has 7 nitrogen and oxygen atoms in total. The third kappa shape index (κ3) is 5.85. The van der Waals surface area contributed by atoms with Gasteiger partial charge >= 0.3 is 6.18 Å². The van der Waals surface area contributed by atoms with Crippen molar-refractivity contribution in [3.63, 3.8) is 0 Å². The molecule has 0 radical (unpaired) electrons. The number of alkyl halides is 3. The number of Topliss-reactive ketones (excluding diaryl/α,β-unsaturated/α-hetero) is 1. The van der Waals surface area contributed by atoms with Crippen LogP contribution in [-0.2, 0) is 27.8 Å². The lowest BCUT2D eigenvalue weighted by atomic mass is 9.77. The van der Waals surface area contributed by atoms with Gasteiger partial charge in [-0.1, -0.05) is 42.8 Å². The summed E-state index contributed by atoms with van der Waals surface area (Å²) >= 11 is 0. The van der Waals surface area contributed by atoms with Crippen molar-refractivity contribution in [3.8, 4) is 0 Å². The molecule has 2 aliphatic heterocycles. The van der Waals surface area contributed by atoms with E-state index in [9.17, 15) is 22.8 Å². The monoisotopic (exact) mass is 583 g/mol. The predicted octanol–water partition coefficient (Wildman–Crippen LogP) is 4.91. The third-order valence-corrected chi connectivity index (χ3v) is 9.16. The van der Waals surface area contributed by atoms with Crippen LogP contribution in [0.15, 0.2) is 54.7 Å². The summed E-state index contributed by atoms with van der Waals surface area (Å²) in [5, 5.41) is 0.737. The molecule has 2 saturated heterocycles. The van der Waals surface area contributed by atoms with E-state index in [2.05, 4.69) is 9.88 Å². The molecule has 3 N–H and O–H groups in total. The molecule has 0 aliphatic carbocycles. The molecule has 5 rings (SSSR count). The van der Waals surface area contributed by atoms with Crippen LogP contribution in [0.4, 0.5) is 13.2 Å². The minimum absolute atomic E-state index is 0.0130. The van der Waals surface area contributed by atoms with Gasteiger partial charge in [0.1, 0.15) is 11.6 Å². The number of H-pyrrole nitrogens is 1. The lowest BCUT2D eigenvalue weighted by molar-refractivity contribution is -0.146. The Morgan fingerprint density at radius 2 is 1.62 bits per heavy atom. The molecule has 1 aromatic heterocycles. The Morgan fingerprint density at radius 1 is 0.976 bits per heavy atom. The fourth-order valence-corrected chi connectivity index (χ4v) is 6.85. The summed E-state index contributed by atoms with van der Waals surface area (Å²) in [4.78, 5) is 37.0. The lowest BCUT2D eigenvalue weighted by Crippen LogP contribution is -2.67. The smallest absolute Gasteiger partial charge is 0.361 e. The number of amides is 1. The summed E-state index contributed by atoms with van der Waals surface area (Å²) in [5.41, 5.74) is 5.87. The van der Waals surface area contributed by atoms with Crippen molar-refractivity contribution in [2.45, 2.75) is 69.4 Å². The Hall–Kier alpha value is -3.21. The molecule has 1 amide bonds. The summed E-state index contributed by atoms with van der Waals surface area (Å²) in [6, 6.07) is 12.0. The number of carbonyl (C=O) groups is 2. The van der Waals surface area contributed by atoms with Crippen molar-refractivity contribution in [1.82, 2.24) is 19.7 Å². The van der Waals surface area contributed by atoms with E-state index in [1.165, 1.54) is 56.3 Å². The van der Waals surface area contributed by atoms with Crippen LogP contribution in [-0.4, -0.2) is 76.7 Å². The van der Waals surface area contributed by atoms with E-state index in [1.807, 2.05) is 29.2 Å². The zero-order valence-electron chi connectivity index (χ0n) is 24.3. The summed E-state index contributed by atoms with van der Waals surface area (Å²) in [7, 11) is 1.48. The molecule has 0 spiro atoms. The first-order chi connectivity index (χ1) is 20.0. The first-order valence-corrected chi connectivity index (χ1v) is 14.8. The minimum atomic E-state index is -4.56. The lowest BCUT2D eigenvalue weighted by Gasteiger charge is -2.47. The molecule has 2 atom stereocenters. The van der Waals surface area contributed by atoms with Gasteiger partial charge < -0.3 is 20.5 Å². The van der Waals surface area contributed by atoms with E-state index in [0.717, 1.165) is 42.9 Å². The number of hydrogen-bond donors (Lipinski definition) is 2. The zero-order valence-corrected chi connectivity index (χ0v) is 24.3. The molecule has 42 heavy (non-hydrogen) atoms. The predicted molar refractivity (Wildman–Crippen MR) is 157 cm³/mol. The SMILES string of the molecule is CC(=O)C(N)(c1c[nH]c2ccccc12)C(C(=O)N(C)Cc1ccccc1C(F)(F)F)N1CCC(N2CCCCC2)CC1. The number of nitrogens with zero attached hydrogens (tertiary/aromatic N) is 3. The summed E-state index contributed by atoms with van der Waals surface area (Å²) in [5.74, 6) is -0.862. The van der Waals surface area contributed by atoms with E-state index in [1.54, 1.807) is 6.20 Å². The number of piperidine rings is 2. The standard InChI is InChI=1S/C32H40F3N5O2/c1-22(41)31(36,27-20-37-28-13-7-5-11-25(27)28)29(40-18-14-24(15-19-40)39-16-8-3-9-17-39)30(42)38(2)21-23-10-4-6-12-26(23)32(33,34)35/h4-7,10-13,20,24,29,37H,3,8-9,14-19,21,36H2,1-2H3. The van der Waals surface area contributed by atoms with E-state index in [4.69, 9.17) is 5.73 Å². The average Bonchev–Trinajstić information content (AvgIpc) is 3.42. The van der Waals surface area contributed by atoms with Crippen molar-refractivity contribution in [2.24, 2.45) is 5.73 Å². The maximum absolute atomic E-state index is 14.4. The Kier molecular flexibility index (Phi) is 8.78. The van der Waals surface area contributed by atoms with Crippen LogP contribution in [0, 0.1) is 0 Å². The topological polar surface area (TPSA) is 85.7 Å². The molecule has 0 bridgehead atoms. The third-order valence-electron chi connectivity index (χ3n) is 9.16. The molecule has 2 aromatic carbocycles. The van der Waals surface area contributed by atoms with Crippen molar-refractivity contribution >= 4 is 22.6 Å². The zero-order chi connectivity index (χ0) is 30.1. The second-order valence-corrected chi connectivity index (χ2v) is 11.8. The first kappa shape index (κ1) is 30.3. The number of aromatic amines is 1. The Morgan fingerprint density at radius 3 is 2.29 bits per heavy atom. The number of nitrogens with two attached hydrogens (primary N) is 1. The maximum atomic E-state index is 14.4. The number of benzene rings is 2. The molecule has 3 heterocycles. The van der Waals surface area contributed by atoms with Crippen LogP contribution >= 0.6 is 0 Å². The molecular formula is C32H40F3N5O2. The van der Waals surface area contributed by atoms with Gasteiger partial charge in [0, 0.05) is 55.4 Å². The normalized spacial score (nSPS) is 19.9. The van der Waals surface area contributed by atoms with Crippen LogP contribution in [0.1, 0.15) is 55.7 Å². The minimum Gasteiger partial charge on any atom is -0.361 e. The van der Waals surface area contributed by atoms with Gasteiger partial charge in [-0.25, -0.2) is 0 Å². The molecule has 2 unspecified atom stereocenters. The summed E-state index contributed by atoms with van der Waals surface area (Å²) < 4.78 is 41.4. The number of rotatable bonds is 8. The highest BCUT2D eigenvalue weighted by atomic mass is 19.4. The van der Waals surface area contributed by atoms with Crippen molar-refractivity contribution in [1.29, 1.82) is 0 Å². The molecular weight excluding hydrogens is 543 g/mol. The van der Waals surface area contributed by atoms with Crippen LogP contribution in [0.5, 0.6) is 0 Å². The molecule has 226 valence electrons. The highest BCUT2D eigenvalue weighted by Crippen LogP contribution is 2.37. The van der Waals surface area contributed by atoms with E-state index < -0.39 is 29.2 Å². The number of halogens is 3. The van der Waals surface area contributed by atoms with Crippen LogP contribution in [0.25, 0.3) is 10.9 Å². The highest BCUT2D eigenvalue weighted by molar-refractivity contribution is 6.00. The van der Waals surface area contributed by atoms with E-state index in [-0.39, 0.29) is 17.9 Å². The highest BCUT2D eigenvalue weighted by Gasteiger charge is 2.51. The Labute approximate surface area is 244 Å². The van der Waals surface area contributed by atoms with Crippen LogP contribution < -0.4 is 5.73 Å². The molecule has 2 fully saturated rings. The summed E-state index contributed by atoms with van der Waals surface area (Å²) in [6.45, 7) is 4.37. The second-order valence-electron chi connectivity index (χ2n) is 11.8. The van der Waals surface area contributed by atoms with Gasteiger partial charge in [-0.05, 0) is 63.4 Å². The summed E-state index contributed by atoms with van der Waals surface area (Å²) in [6.07, 6.45) is 2.39. The number of aromatic nitrogens is 1. The number of para-hydroxylation sites is 1. The van der Waals surface area contributed by atoms with Crippen molar-refractivity contribution in [2.75, 3.05) is 33.2 Å². The van der Waals surface area contributed by atoms with Crippen molar-refractivity contribution in [3.05, 3.63) is 71.4 Å². The molecule has 10 heteroatoms. The second kappa shape index (κ2) is 12.2. The van der Waals surface area contributed by atoms with E-state index >= 15 is 0 Å². The van der Waals surface area contributed by atoms with E-state index in [0.29, 0.717) is 24.7 Å².